The van der Waals surface area contributed by atoms with Gasteiger partial charge in [-0.1, -0.05) is 67.2 Å². The molecule has 0 heterocycles. The summed E-state index contributed by atoms with van der Waals surface area (Å²) in [6, 6.07) is 20.1. The highest BCUT2D eigenvalue weighted by Gasteiger charge is 2.18. The number of hydrogen-bond donors (Lipinski definition) is 1. The number of carboxylic acid groups (broad SMARTS) is 1. The molecule has 2 aromatic carbocycles. The number of aliphatic carboxylic acids is 1. The molecule has 108 valence electrons. The molecule has 0 aromatic heterocycles. The molecule has 0 radical (unpaired) electrons. The topological polar surface area (TPSA) is 37.3 Å². The van der Waals surface area contributed by atoms with E-state index in [1.165, 1.54) is 5.56 Å². The van der Waals surface area contributed by atoms with Crippen molar-refractivity contribution in [3.63, 3.8) is 0 Å². The maximum absolute atomic E-state index is 11.2. The Hall–Kier alpha value is -2.35. The van der Waals surface area contributed by atoms with Gasteiger partial charge < -0.3 is 5.11 Å². The Balaban J connectivity index is 2.05. The molecule has 0 aliphatic rings. The molecule has 0 aliphatic carbocycles. The molecule has 2 rings (SSSR count). The molecule has 2 heteroatoms. The van der Waals surface area contributed by atoms with Gasteiger partial charge in [0.2, 0.25) is 0 Å². The third-order valence-electron chi connectivity index (χ3n) is 3.72. The summed E-state index contributed by atoms with van der Waals surface area (Å²) < 4.78 is 0. The fraction of sp³-hybridized carbons (Fsp3) is 0.211. The van der Waals surface area contributed by atoms with Crippen LogP contribution in [0.5, 0.6) is 0 Å². The molecule has 0 amide bonds. The van der Waals surface area contributed by atoms with Crippen LogP contribution in [0.3, 0.4) is 0 Å². The largest absolute Gasteiger partial charge is 0.478 e. The zero-order chi connectivity index (χ0) is 15.1. The second-order valence-electron chi connectivity index (χ2n) is 5.24. The first-order valence-electron chi connectivity index (χ1n) is 7.16. The van der Waals surface area contributed by atoms with Gasteiger partial charge in [-0.2, -0.15) is 0 Å². The Bertz CT molecular complexity index is 587. The predicted octanol–water partition coefficient (Wildman–Crippen LogP) is 4.12. The van der Waals surface area contributed by atoms with E-state index in [1.807, 2.05) is 48.5 Å². The summed E-state index contributed by atoms with van der Waals surface area (Å²) in [5.41, 5.74) is 2.68. The molecule has 0 saturated heterocycles. The smallest absolute Gasteiger partial charge is 0.331 e. The summed E-state index contributed by atoms with van der Waals surface area (Å²) in [7, 11) is 0. The first-order chi connectivity index (χ1) is 10.2. The number of hydrogen-bond acceptors (Lipinski definition) is 1. The van der Waals surface area contributed by atoms with Crippen LogP contribution in [0.25, 0.3) is 0 Å². The van der Waals surface area contributed by atoms with Crippen LogP contribution in [0.1, 0.15) is 17.5 Å². The summed E-state index contributed by atoms with van der Waals surface area (Å²) in [4.78, 5) is 11.2. The van der Waals surface area contributed by atoms with Crippen LogP contribution >= 0.6 is 0 Å². The first-order valence-corrected chi connectivity index (χ1v) is 7.16. The van der Waals surface area contributed by atoms with Crippen molar-refractivity contribution in [2.75, 3.05) is 0 Å². The van der Waals surface area contributed by atoms with Crippen LogP contribution in [0.2, 0.25) is 0 Å². The molecule has 0 saturated carbocycles. The van der Waals surface area contributed by atoms with Gasteiger partial charge in [-0.15, -0.1) is 0 Å². The quantitative estimate of drug-likeness (QED) is 0.775. The van der Waals surface area contributed by atoms with E-state index in [9.17, 15) is 9.90 Å². The number of benzene rings is 2. The van der Waals surface area contributed by atoms with Crippen molar-refractivity contribution in [3.05, 3.63) is 83.9 Å². The fourth-order valence-corrected chi connectivity index (χ4v) is 2.46. The summed E-state index contributed by atoms with van der Waals surface area (Å²) in [5, 5.41) is 9.23. The first kappa shape index (κ1) is 15.0. The molecule has 0 spiro atoms. The molecule has 1 unspecified atom stereocenters. The second kappa shape index (κ2) is 7.44. The van der Waals surface area contributed by atoms with E-state index in [4.69, 9.17) is 0 Å². The minimum atomic E-state index is -0.899. The van der Waals surface area contributed by atoms with Crippen molar-refractivity contribution in [2.24, 2.45) is 5.92 Å². The highest BCUT2D eigenvalue weighted by atomic mass is 16.4. The molecule has 0 aliphatic heterocycles. The summed E-state index contributed by atoms with van der Waals surface area (Å²) >= 11 is 0. The van der Waals surface area contributed by atoms with Crippen LogP contribution in [-0.2, 0) is 17.6 Å². The lowest BCUT2D eigenvalue weighted by Gasteiger charge is -2.17. The van der Waals surface area contributed by atoms with Crippen molar-refractivity contribution < 1.29 is 9.90 Å². The number of carbonyl (C=O) groups is 1. The Morgan fingerprint density at radius 2 is 1.48 bits per heavy atom. The highest BCUT2D eigenvalue weighted by molar-refractivity contribution is 5.86. The number of rotatable bonds is 7. The van der Waals surface area contributed by atoms with E-state index in [0.717, 1.165) is 24.8 Å². The Morgan fingerprint density at radius 3 is 2.00 bits per heavy atom. The average Bonchev–Trinajstić information content (AvgIpc) is 2.52. The minimum absolute atomic E-state index is 0.0369. The maximum Gasteiger partial charge on any atom is 0.331 e. The third-order valence-corrected chi connectivity index (χ3v) is 3.72. The molecule has 0 fully saturated rings. The van der Waals surface area contributed by atoms with E-state index in [0.29, 0.717) is 5.57 Å². The van der Waals surface area contributed by atoms with Crippen molar-refractivity contribution in [1.29, 1.82) is 0 Å². The van der Waals surface area contributed by atoms with E-state index >= 15 is 0 Å². The predicted molar refractivity (Wildman–Crippen MR) is 85.2 cm³/mol. The molecule has 0 bridgehead atoms. The van der Waals surface area contributed by atoms with Gasteiger partial charge in [0.15, 0.2) is 0 Å². The molecular formula is C19H20O2. The van der Waals surface area contributed by atoms with Gasteiger partial charge in [0.25, 0.3) is 0 Å². The SMILES string of the molecule is C=C(C(=O)O)C(CCc1ccccc1)Cc1ccccc1. The third kappa shape index (κ3) is 4.60. The molecule has 1 atom stereocenters. The lowest BCUT2D eigenvalue weighted by Crippen LogP contribution is -2.15. The van der Waals surface area contributed by atoms with Crippen molar-refractivity contribution in [2.45, 2.75) is 19.3 Å². The Morgan fingerprint density at radius 1 is 0.952 bits per heavy atom. The Labute approximate surface area is 125 Å². The Kier molecular flexibility index (Phi) is 5.33. The second-order valence-corrected chi connectivity index (χ2v) is 5.24. The average molecular weight is 280 g/mol. The minimum Gasteiger partial charge on any atom is -0.478 e. The van der Waals surface area contributed by atoms with Crippen LogP contribution in [-0.4, -0.2) is 11.1 Å². The van der Waals surface area contributed by atoms with Gasteiger partial charge in [0.1, 0.15) is 0 Å². The summed E-state index contributed by atoms with van der Waals surface area (Å²) in [6.45, 7) is 3.76. The fourth-order valence-electron chi connectivity index (χ4n) is 2.46. The molecule has 21 heavy (non-hydrogen) atoms. The molecule has 1 N–H and O–H groups in total. The van der Waals surface area contributed by atoms with E-state index in [-0.39, 0.29) is 5.92 Å². The van der Waals surface area contributed by atoms with E-state index in [2.05, 4.69) is 18.7 Å². The van der Waals surface area contributed by atoms with Gasteiger partial charge in [-0.05, 0) is 36.3 Å². The van der Waals surface area contributed by atoms with Gasteiger partial charge in [-0.3, -0.25) is 0 Å². The van der Waals surface area contributed by atoms with Gasteiger partial charge >= 0.3 is 5.97 Å². The van der Waals surface area contributed by atoms with Crippen LogP contribution in [0.4, 0.5) is 0 Å². The lowest BCUT2D eigenvalue weighted by atomic mass is 9.87. The zero-order valence-electron chi connectivity index (χ0n) is 12.0. The number of aryl methyl sites for hydroxylation is 1. The van der Waals surface area contributed by atoms with Crippen LogP contribution < -0.4 is 0 Å². The van der Waals surface area contributed by atoms with E-state index in [1.54, 1.807) is 0 Å². The van der Waals surface area contributed by atoms with Gasteiger partial charge in [0, 0.05) is 5.57 Å². The van der Waals surface area contributed by atoms with Crippen molar-refractivity contribution in [1.82, 2.24) is 0 Å². The summed E-state index contributed by atoms with van der Waals surface area (Å²) in [6.07, 6.45) is 2.38. The summed E-state index contributed by atoms with van der Waals surface area (Å²) in [5.74, 6) is -0.936. The van der Waals surface area contributed by atoms with Crippen LogP contribution in [0, 0.1) is 5.92 Å². The standard InChI is InChI=1S/C19H20O2/c1-15(19(20)21)18(14-17-10-6-3-7-11-17)13-12-16-8-4-2-5-9-16/h2-11,18H,1,12-14H2,(H,20,21). The monoisotopic (exact) mass is 280 g/mol. The maximum atomic E-state index is 11.2. The lowest BCUT2D eigenvalue weighted by molar-refractivity contribution is -0.133. The van der Waals surface area contributed by atoms with Crippen molar-refractivity contribution in [3.8, 4) is 0 Å². The van der Waals surface area contributed by atoms with E-state index < -0.39 is 5.97 Å². The zero-order valence-corrected chi connectivity index (χ0v) is 12.0. The van der Waals surface area contributed by atoms with Crippen LogP contribution in [0.15, 0.2) is 72.8 Å². The van der Waals surface area contributed by atoms with Crippen molar-refractivity contribution >= 4 is 5.97 Å². The normalized spacial score (nSPS) is 11.8. The molecule has 2 aromatic rings. The number of carboxylic acids is 1. The highest BCUT2D eigenvalue weighted by Crippen LogP contribution is 2.22. The molecule has 2 nitrogen and oxygen atoms in total. The van der Waals surface area contributed by atoms with Gasteiger partial charge in [0.05, 0.1) is 0 Å². The molecular weight excluding hydrogens is 260 g/mol. The van der Waals surface area contributed by atoms with Gasteiger partial charge in [-0.25, -0.2) is 4.79 Å².